The van der Waals surface area contributed by atoms with Gasteiger partial charge in [-0.3, -0.25) is 0 Å². The van der Waals surface area contributed by atoms with E-state index in [1.165, 1.54) is 0 Å². The molecule has 20 heavy (non-hydrogen) atoms. The summed E-state index contributed by atoms with van der Waals surface area (Å²) in [5.74, 6) is -0.564. The minimum Gasteiger partial charge on any atom is -0.475 e. The highest BCUT2D eigenvalue weighted by Gasteiger charge is 2.34. The number of pyridine rings is 1. The predicted molar refractivity (Wildman–Crippen MR) is 69.6 cm³/mol. The summed E-state index contributed by atoms with van der Waals surface area (Å²) < 4.78 is 7.17. The molecule has 1 aliphatic carbocycles. The number of aromatic carboxylic acids is 1. The van der Waals surface area contributed by atoms with Crippen LogP contribution in [-0.2, 0) is 0 Å². The molecule has 0 unspecified atom stereocenters. The number of carboxylic acids is 1. The van der Waals surface area contributed by atoms with Crippen molar-refractivity contribution in [3.63, 3.8) is 0 Å². The number of rotatable bonds is 3. The Morgan fingerprint density at radius 3 is 3.00 bits per heavy atom. The van der Waals surface area contributed by atoms with E-state index in [2.05, 4.69) is 10.1 Å². The standard InChI is InChI=1S/C14H11N3O3/c18-14(19)12-11(8-4-5-8)16-13(20-12)9-7-15-17-6-2-1-3-10(9)17/h1-3,6-8H,4-5H2,(H,18,19). The van der Waals surface area contributed by atoms with Gasteiger partial charge in [0.25, 0.3) is 0 Å². The zero-order valence-electron chi connectivity index (χ0n) is 10.5. The number of oxazole rings is 1. The maximum Gasteiger partial charge on any atom is 0.373 e. The van der Waals surface area contributed by atoms with Gasteiger partial charge in [-0.05, 0) is 25.0 Å². The smallest absolute Gasteiger partial charge is 0.373 e. The summed E-state index contributed by atoms with van der Waals surface area (Å²) in [4.78, 5) is 15.6. The normalized spacial score (nSPS) is 14.8. The summed E-state index contributed by atoms with van der Waals surface area (Å²) in [7, 11) is 0. The van der Waals surface area contributed by atoms with Crippen molar-refractivity contribution in [2.45, 2.75) is 18.8 Å². The van der Waals surface area contributed by atoms with Crippen LogP contribution in [0.15, 0.2) is 35.0 Å². The molecule has 1 fully saturated rings. The number of hydrogen-bond donors (Lipinski definition) is 1. The van der Waals surface area contributed by atoms with Crippen LogP contribution in [0.4, 0.5) is 0 Å². The Hall–Kier alpha value is -2.63. The van der Waals surface area contributed by atoms with Crippen molar-refractivity contribution in [3.05, 3.63) is 42.0 Å². The van der Waals surface area contributed by atoms with Gasteiger partial charge in [0.1, 0.15) is 0 Å². The van der Waals surface area contributed by atoms with E-state index in [-0.39, 0.29) is 11.7 Å². The molecule has 4 rings (SSSR count). The SMILES string of the molecule is O=C(O)c1oc(-c2cnn3ccccc23)nc1C1CC1. The van der Waals surface area contributed by atoms with Gasteiger partial charge in [-0.15, -0.1) is 0 Å². The average molecular weight is 269 g/mol. The number of carbonyl (C=O) groups is 1. The summed E-state index contributed by atoms with van der Waals surface area (Å²) >= 11 is 0. The molecular weight excluding hydrogens is 258 g/mol. The molecule has 0 aliphatic heterocycles. The van der Waals surface area contributed by atoms with Gasteiger partial charge in [0.2, 0.25) is 11.7 Å². The molecule has 3 aromatic heterocycles. The minimum atomic E-state index is -1.07. The lowest BCUT2D eigenvalue weighted by atomic mass is 10.2. The molecule has 0 atom stereocenters. The van der Waals surface area contributed by atoms with Crippen LogP contribution in [0.5, 0.6) is 0 Å². The van der Waals surface area contributed by atoms with Crippen LogP contribution in [0.2, 0.25) is 0 Å². The predicted octanol–water partition coefficient (Wildman–Crippen LogP) is 2.56. The minimum absolute atomic E-state index is 0.0437. The van der Waals surface area contributed by atoms with Crippen LogP contribution < -0.4 is 0 Å². The zero-order chi connectivity index (χ0) is 13.7. The second kappa shape index (κ2) is 3.93. The van der Waals surface area contributed by atoms with E-state index >= 15 is 0 Å². The summed E-state index contributed by atoms with van der Waals surface area (Å²) in [6, 6.07) is 5.66. The Balaban J connectivity index is 1.90. The van der Waals surface area contributed by atoms with E-state index in [0.717, 1.165) is 18.4 Å². The molecule has 0 bridgehead atoms. The first-order valence-electron chi connectivity index (χ1n) is 6.41. The van der Waals surface area contributed by atoms with Crippen LogP contribution in [-0.4, -0.2) is 25.7 Å². The average Bonchev–Trinajstić information content (AvgIpc) is 3.05. The largest absolute Gasteiger partial charge is 0.475 e. The molecule has 1 aliphatic rings. The van der Waals surface area contributed by atoms with Gasteiger partial charge >= 0.3 is 5.97 Å². The fourth-order valence-corrected chi connectivity index (χ4v) is 2.33. The van der Waals surface area contributed by atoms with Crippen LogP contribution in [0.3, 0.4) is 0 Å². The van der Waals surface area contributed by atoms with Crippen molar-refractivity contribution < 1.29 is 14.3 Å². The van der Waals surface area contributed by atoms with Crippen molar-refractivity contribution in [3.8, 4) is 11.5 Å². The molecule has 6 nitrogen and oxygen atoms in total. The van der Waals surface area contributed by atoms with Crippen molar-refractivity contribution in [1.29, 1.82) is 0 Å². The van der Waals surface area contributed by atoms with Gasteiger partial charge in [-0.25, -0.2) is 14.3 Å². The number of hydrogen-bond acceptors (Lipinski definition) is 4. The van der Waals surface area contributed by atoms with Gasteiger partial charge in [-0.2, -0.15) is 5.10 Å². The zero-order valence-corrected chi connectivity index (χ0v) is 10.5. The Bertz CT molecular complexity index is 814. The second-order valence-electron chi connectivity index (χ2n) is 4.90. The second-order valence-corrected chi connectivity index (χ2v) is 4.90. The van der Waals surface area contributed by atoms with Crippen LogP contribution in [0.1, 0.15) is 35.0 Å². The molecule has 0 radical (unpaired) electrons. The van der Waals surface area contributed by atoms with Crippen molar-refractivity contribution in [2.24, 2.45) is 0 Å². The van der Waals surface area contributed by atoms with E-state index in [4.69, 9.17) is 4.42 Å². The number of carboxylic acid groups (broad SMARTS) is 1. The quantitative estimate of drug-likeness (QED) is 0.790. The van der Waals surface area contributed by atoms with Gasteiger partial charge in [0.15, 0.2) is 0 Å². The van der Waals surface area contributed by atoms with Gasteiger partial charge < -0.3 is 9.52 Å². The lowest BCUT2D eigenvalue weighted by Crippen LogP contribution is -1.98. The van der Waals surface area contributed by atoms with Gasteiger partial charge in [0, 0.05) is 12.1 Å². The Morgan fingerprint density at radius 2 is 2.25 bits per heavy atom. The molecule has 1 N–H and O–H groups in total. The Morgan fingerprint density at radius 1 is 1.40 bits per heavy atom. The fourth-order valence-electron chi connectivity index (χ4n) is 2.33. The molecule has 1 saturated carbocycles. The molecule has 0 spiro atoms. The third-order valence-corrected chi connectivity index (χ3v) is 3.47. The monoisotopic (exact) mass is 269 g/mol. The lowest BCUT2D eigenvalue weighted by Gasteiger charge is -1.93. The topological polar surface area (TPSA) is 80.6 Å². The first kappa shape index (κ1) is 11.2. The first-order chi connectivity index (χ1) is 9.74. The first-order valence-corrected chi connectivity index (χ1v) is 6.41. The lowest BCUT2D eigenvalue weighted by molar-refractivity contribution is 0.0661. The maximum atomic E-state index is 11.2. The number of fused-ring (bicyclic) bond motifs is 1. The summed E-state index contributed by atoms with van der Waals surface area (Å²) in [5, 5.41) is 13.4. The summed E-state index contributed by atoms with van der Waals surface area (Å²) in [6.07, 6.45) is 5.41. The van der Waals surface area contributed by atoms with E-state index in [1.54, 1.807) is 10.7 Å². The van der Waals surface area contributed by atoms with Gasteiger partial charge in [-0.1, -0.05) is 6.07 Å². The van der Waals surface area contributed by atoms with Crippen LogP contribution in [0.25, 0.3) is 17.0 Å². The maximum absolute atomic E-state index is 11.2. The van der Waals surface area contributed by atoms with E-state index in [9.17, 15) is 9.90 Å². The van der Waals surface area contributed by atoms with E-state index in [0.29, 0.717) is 17.1 Å². The molecule has 100 valence electrons. The van der Waals surface area contributed by atoms with Gasteiger partial charge in [0.05, 0.1) is 23.0 Å². The van der Waals surface area contributed by atoms with E-state index in [1.807, 2.05) is 24.4 Å². The van der Waals surface area contributed by atoms with E-state index < -0.39 is 5.97 Å². The molecule has 3 heterocycles. The highest BCUT2D eigenvalue weighted by atomic mass is 16.4. The number of aromatic nitrogens is 3. The molecule has 0 saturated heterocycles. The third-order valence-electron chi connectivity index (χ3n) is 3.47. The highest BCUT2D eigenvalue weighted by Crippen LogP contribution is 2.42. The molecule has 3 aromatic rings. The molecule has 0 amide bonds. The highest BCUT2D eigenvalue weighted by molar-refractivity contribution is 5.87. The molecule has 6 heteroatoms. The summed E-state index contributed by atoms with van der Waals surface area (Å²) in [5.41, 5.74) is 2.11. The van der Waals surface area contributed by atoms with Crippen molar-refractivity contribution in [2.75, 3.05) is 0 Å². The Labute approximate surface area is 113 Å². The van der Waals surface area contributed by atoms with Crippen LogP contribution in [0, 0.1) is 0 Å². The van der Waals surface area contributed by atoms with Crippen molar-refractivity contribution >= 4 is 11.5 Å². The van der Waals surface area contributed by atoms with Crippen LogP contribution >= 0.6 is 0 Å². The number of nitrogens with zero attached hydrogens (tertiary/aromatic N) is 3. The van der Waals surface area contributed by atoms with Crippen molar-refractivity contribution in [1.82, 2.24) is 14.6 Å². The Kier molecular flexibility index (Phi) is 2.20. The molecular formula is C14H11N3O3. The molecule has 0 aromatic carbocycles. The third kappa shape index (κ3) is 1.61. The fraction of sp³-hybridized carbons (Fsp3) is 0.214. The summed E-state index contributed by atoms with van der Waals surface area (Å²) in [6.45, 7) is 0.